The van der Waals surface area contributed by atoms with Crippen molar-refractivity contribution >= 4 is 20.9 Å². The van der Waals surface area contributed by atoms with Crippen molar-refractivity contribution in [2.45, 2.75) is 186 Å². The summed E-state index contributed by atoms with van der Waals surface area (Å²) in [5.74, 6) is 0. The fraction of sp³-hybridized carbons (Fsp3) is 0.737. The number of aryl methyl sites for hydroxylation is 2. The third-order valence-corrected chi connectivity index (χ3v) is 9.91. The summed E-state index contributed by atoms with van der Waals surface area (Å²) in [5, 5.41) is 1.56. The van der Waals surface area contributed by atoms with Crippen LogP contribution in [0.4, 0.5) is 0 Å². The Morgan fingerprint density at radius 3 is 1.30 bits per heavy atom. The number of rotatable bonds is 27. The SMILES string of the molecule is CCCCCCCCCCCCCCc1ccc2c(CCCCCCCCCCCCCC)ccc(S(=O)(=O)[O-])c2c1.[Na+]. The summed E-state index contributed by atoms with van der Waals surface area (Å²) in [6.45, 7) is 4.54. The number of benzene rings is 2. The smallest absolute Gasteiger partial charge is 0.744 e. The molecule has 0 fully saturated rings. The molecule has 2 rings (SSSR count). The molecule has 0 saturated carbocycles. The zero-order valence-corrected chi connectivity index (χ0v) is 31.2. The molecule has 0 N–H and O–H groups in total. The van der Waals surface area contributed by atoms with E-state index in [4.69, 9.17) is 0 Å². The molecule has 0 saturated heterocycles. The van der Waals surface area contributed by atoms with Gasteiger partial charge in [0.05, 0.1) is 4.90 Å². The van der Waals surface area contributed by atoms with E-state index in [1.165, 1.54) is 147 Å². The summed E-state index contributed by atoms with van der Waals surface area (Å²) in [7, 11) is -4.51. The fourth-order valence-electron chi connectivity index (χ4n) is 6.35. The zero-order chi connectivity index (χ0) is 30.3. The molecule has 0 atom stereocenters. The Morgan fingerprint density at radius 1 is 0.488 bits per heavy atom. The second kappa shape index (κ2) is 25.8. The maximum Gasteiger partial charge on any atom is 1.00 e. The fourth-order valence-corrected chi connectivity index (χ4v) is 7.02. The summed E-state index contributed by atoms with van der Waals surface area (Å²) < 4.78 is 36.2. The van der Waals surface area contributed by atoms with Gasteiger partial charge in [0.1, 0.15) is 10.1 Å². The Hall–Kier alpha value is -0.390. The Kier molecular flexibility index (Phi) is 24.3. The normalized spacial score (nSPS) is 11.7. The van der Waals surface area contributed by atoms with Gasteiger partial charge in [0.2, 0.25) is 0 Å². The summed E-state index contributed by atoms with van der Waals surface area (Å²) in [5.41, 5.74) is 2.31. The topological polar surface area (TPSA) is 57.2 Å². The Labute approximate surface area is 288 Å². The van der Waals surface area contributed by atoms with Gasteiger partial charge in [-0.25, -0.2) is 8.42 Å². The summed E-state index contributed by atoms with van der Waals surface area (Å²) >= 11 is 0. The van der Waals surface area contributed by atoms with Gasteiger partial charge in [-0.15, -0.1) is 0 Å². The van der Waals surface area contributed by atoms with Crippen molar-refractivity contribution in [2.24, 2.45) is 0 Å². The minimum Gasteiger partial charge on any atom is -0.744 e. The molecular formula is C38H63NaO3S. The van der Waals surface area contributed by atoms with Crippen molar-refractivity contribution in [1.82, 2.24) is 0 Å². The number of hydrogen-bond donors (Lipinski definition) is 0. The van der Waals surface area contributed by atoms with Crippen LogP contribution < -0.4 is 29.6 Å². The summed E-state index contributed by atoms with van der Waals surface area (Å²) in [6.07, 6.45) is 33.6. The van der Waals surface area contributed by atoms with Crippen LogP contribution in [0.5, 0.6) is 0 Å². The predicted molar refractivity (Wildman–Crippen MR) is 181 cm³/mol. The second-order valence-corrected chi connectivity index (χ2v) is 14.2. The van der Waals surface area contributed by atoms with Gasteiger partial charge in [0.25, 0.3) is 0 Å². The van der Waals surface area contributed by atoms with Crippen LogP contribution in [0.25, 0.3) is 10.8 Å². The maximum absolute atomic E-state index is 12.1. The van der Waals surface area contributed by atoms with Gasteiger partial charge in [-0.05, 0) is 59.7 Å². The van der Waals surface area contributed by atoms with E-state index >= 15 is 0 Å². The predicted octanol–water partition coefficient (Wildman–Crippen LogP) is 9.24. The van der Waals surface area contributed by atoms with Gasteiger partial charge >= 0.3 is 29.6 Å². The molecule has 43 heavy (non-hydrogen) atoms. The molecule has 0 heterocycles. The monoisotopic (exact) mass is 622 g/mol. The van der Waals surface area contributed by atoms with Gasteiger partial charge in [0, 0.05) is 0 Å². The molecule has 5 heteroatoms. The Morgan fingerprint density at radius 2 is 0.884 bits per heavy atom. The van der Waals surface area contributed by atoms with Crippen LogP contribution >= 0.6 is 0 Å². The first-order valence-electron chi connectivity index (χ1n) is 18.0. The quantitative estimate of drug-likeness (QED) is 0.0567. The Bertz CT molecular complexity index is 1070. The third-order valence-electron chi connectivity index (χ3n) is 9.02. The van der Waals surface area contributed by atoms with Crippen molar-refractivity contribution < 1.29 is 42.5 Å². The molecule has 240 valence electrons. The van der Waals surface area contributed by atoms with Crippen molar-refractivity contribution in [2.75, 3.05) is 0 Å². The molecule has 2 aromatic carbocycles. The van der Waals surface area contributed by atoms with Crippen molar-refractivity contribution in [3.63, 3.8) is 0 Å². The number of fused-ring (bicyclic) bond motifs is 1. The number of unbranched alkanes of at least 4 members (excludes halogenated alkanes) is 22. The molecule has 0 aliphatic rings. The molecule has 0 aliphatic carbocycles. The first-order valence-corrected chi connectivity index (χ1v) is 19.4. The number of hydrogen-bond acceptors (Lipinski definition) is 3. The van der Waals surface area contributed by atoms with Crippen LogP contribution in [0.3, 0.4) is 0 Å². The Balaban J connectivity index is 0.00000924. The van der Waals surface area contributed by atoms with Crippen molar-refractivity contribution in [3.8, 4) is 0 Å². The average Bonchev–Trinajstić information content (AvgIpc) is 2.97. The average molecular weight is 623 g/mol. The van der Waals surface area contributed by atoms with Crippen LogP contribution in [0.15, 0.2) is 35.2 Å². The molecule has 2 aromatic rings. The van der Waals surface area contributed by atoms with Crippen LogP contribution in [0, 0.1) is 0 Å². The standard InChI is InChI=1S/C38H64O3S.Na/c1-3-5-7-9-11-13-15-17-19-21-23-25-27-34-29-31-36-35(30-32-38(37(36)33-34)42(39,40)41)28-26-24-22-20-18-16-14-12-10-8-6-4-2;/h29-33H,3-28H2,1-2H3,(H,39,40,41);/q;+1/p-1. The molecule has 0 aliphatic heterocycles. The summed E-state index contributed by atoms with van der Waals surface area (Å²) in [4.78, 5) is -0.0625. The van der Waals surface area contributed by atoms with Gasteiger partial charge < -0.3 is 4.55 Å². The van der Waals surface area contributed by atoms with E-state index in [1.54, 1.807) is 6.07 Å². The molecular weight excluding hydrogens is 559 g/mol. The molecule has 0 unspecified atom stereocenters. The first-order chi connectivity index (χ1) is 20.5. The molecule has 0 radical (unpaired) electrons. The van der Waals surface area contributed by atoms with Gasteiger partial charge in [-0.2, -0.15) is 0 Å². The van der Waals surface area contributed by atoms with Gasteiger partial charge in [-0.3, -0.25) is 0 Å². The second-order valence-electron chi connectivity index (χ2n) is 12.8. The van der Waals surface area contributed by atoms with E-state index in [9.17, 15) is 13.0 Å². The minimum absolute atomic E-state index is 0. The van der Waals surface area contributed by atoms with E-state index in [1.807, 2.05) is 12.1 Å². The maximum atomic E-state index is 12.1. The first kappa shape index (κ1) is 40.6. The van der Waals surface area contributed by atoms with Crippen LogP contribution in [-0.2, 0) is 23.0 Å². The van der Waals surface area contributed by atoms with E-state index in [0.29, 0.717) is 5.39 Å². The zero-order valence-electron chi connectivity index (χ0n) is 28.4. The van der Waals surface area contributed by atoms with Gasteiger partial charge in [-0.1, -0.05) is 173 Å². The summed E-state index contributed by atoms with van der Waals surface area (Å²) in [6, 6.07) is 9.61. The van der Waals surface area contributed by atoms with E-state index < -0.39 is 10.1 Å². The third kappa shape index (κ3) is 18.4. The van der Waals surface area contributed by atoms with E-state index in [0.717, 1.165) is 36.6 Å². The van der Waals surface area contributed by atoms with E-state index in [2.05, 4.69) is 26.0 Å². The molecule has 0 amide bonds. The molecule has 0 aromatic heterocycles. The largest absolute Gasteiger partial charge is 1.00 e. The van der Waals surface area contributed by atoms with Crippen molar-refractivity contribution in [1.29, 1.82) is 0 Å². The molecule has 3 nitrogen and oxygen atoms in total. The molecule has 0 bridgehead atoms. The van der Waals surface area contributed by atoms with E-state index in [-0.39, 0.29) is 34.5 Å². The molecule has 0 spiro atoms. The van der Waals surface area contributed by atoms with Crippen LogP contribution in [0.1, 0.15) is 179 Å². The minimum atomic E-state index is -4.51. The van der Waals surface area contributed by atoms with Gasteiger partial charge in [0.15, 0.2) is 0 Å². The van der Waals surface area contributed by atoms with Crippen molar-refractivity contribution in [3.05, 3.63) is 41.5 Å². The van der Waals surface area contributed by atoms with Crippen LogP contribution in [0.2, 0.25) is 0 Å². The van der Waals surface area contributed by atoms with Crippen LogP contribution in [-0.4, -0.2) is 13.0 Å².